The van der Waals surface area contributed by atoms with E-state index in [1.807, 2.05) is 11.6 Å². The molecule has 1 aromatic heterocycles. The molecule has 0 amide bonds. The molecule has 1 aromatic carbocycles. The van der Waals surface area contributed by atoms with E-state index >= 15 is 0 Å². The molecule has 0 atom stereocenters. The van der Waals surface area contributed by atoms with E-state index in [1.54, 1.807) is 0 Å². The third-order valence-corrected chi connectivity index (χ3v) is 3.10. The molecule has 0 bridgehead atoms. The van der Waals surface area contributed by atoms with Crippen LogP contribution in [-0.2, 0) is 6.67 Å². The van der Waals surface area contributed by atoms with Gasteiger partial charge in [-0.25, -0.2) is 0 Å². The number of aromatic nitrogens is 2. The van der Waals surface area contributed by atoms with Crippen LogP contribution in [0.5, 0.6) is 0 Å². The lowest BCUT2D eigenvalue weighted by Gasteiger charge is -2.08. The van der Waals surface area contributed by atoms with Gasteiger partial charge in [0.25, 0.3) is 0 Å². The zero-order chi connectivity index (χ0) is 11.5. The molecule has 84 valence electrons. The SMILES string of the molecule is Cc1cc(C)n(CNc2ccc(I)cc2)n1. The third kappa shape index (κ3) is 2.75. The molecular formula is C12H14IN3. The van der Waals surface area contributed by atoms with Crippen LogP contribution in [0.25, 0.3) is 0 Å². The van der Waals surface area contributed by atoms with Crippen molar-refractivity contribution in [2.45, 2.75) is 20.5 Å². The number of hydrogen-bond donors (Lipinski definition) is 1. The van der Waals surface area contributed by atoms with E-state index in [2.05, 4.69) is 70.3 Å². The quantitative estimate of drug-likeness (QED) is 0.878. The molecule has 1 N–H and O–H groups in total. The van der Waals surface area contributed by atoms with Gasteiger partial charge in [-0.2, -0.15) is 5.10 Å². The van der Waals surface area contributed by atoms with Crippen molar-refractivity contribution in [3.05, 3.63) is 45.3 Å². The highest BCUT2D eigenvalue weighted by Crippen LogP contribution is 2.11. The van der Waals surface area contributed by atoms with Crippen LogP contribution in [0.3, 0.4) is 0 Å². The second-order valence-corrected chi connectivity index (χ2v) is 5.01. The summed E-state index contributed by atoms with van der Waals surface area (Å²) in [5.41, 5.74) is 3.35. The van der Waals surface area contributed by atoms with E-state index in [9.17, 15) is 0 Å². The van der Waals surface area contributed by atoms with E-state index in [0.29, 0.717) is 6.67 Å². The predicted molar refractivity (Wildman–Crippen MR) is 74.5 cm³/mol. The third-order valence-electron chi connectivity index (χ3n) is 2.38. The molecule has 0 aliphatic carbocycles. The molecule has 4 heteroatoms. The minimum atomic E-state index is 0.709. The molecule has 0 spiro atoms. The number of hydrogen-bond acceptors (Lipinski definition) is 2. The van der Waals surface area contributed by atoms with Crippen molar-refractivity contribution in [2.24, 2.45) is 0 Å². The van der Waals surface area contributed by atoms with Crippen molar-refractivity contribution in [2.75, 3.05) is 5.32 Å². The van der Waals surface area contributed by atoms with Gasteiger partial charge in [0.1, 0.15) is 6.67 Å². The summed E-state index contributed by atoms with van der Waals surface area (Å²) in [5, 5.41) is 7.73. The Kier molecular flexibility index (Phi) is 3.48. The Morgan fingerprint density at radius 3 is 2.50 bits per heavy atom. The van der Waals surface area contributed by atoms with Gasteiger partial charge in [-0.3, -0.25) is 4.68 Å². The summed E-state index contributed by atoms with van der Waals surface area (Å²) in [7, 11) is 0. The van der Waals surface area contributed by atoms with Crippen molar-refractivity contribution >= 4 is 28.3 Å². The predicted octanol–water partition coefficient (Wildman–Crippen LogP) is 3.17. The summed E-state index contributed by atoms with van der Waals surface area (Å²) in [5.74, 6) is 0. The zero-order valence-corrected chi connectivity index (χ0v) is 11.5. The first-order valence-electron chi connectivity index (χ1n) is 5.15. The lowest BCUT2D eigenvalue weighted by molar-refractivity contribution is 0.644. The van der Waals surface area contributed by atoms with Gasteiger partial charge in [-0.1, -0.05) is 0 Å². The Balaban J connectivity index is 2.02. The highest BCUT2D eigenvalue weighted by Gasteiger charge is 1.99. The monoisotopic (exact) mass is 327 g/mol. The van der Waals surface area contributed by atoms with Gasteiger partial charge in [0, 0.05) is 15.0 Å². The molecule has 0 fully saturated rings. The Morgan fingerprint density at radius 2 is 1.94 bits per heavy atom. The maximum Gasteiger partial charge on any atom is 0.109 e. The lowest BCUT2D eigenvalue weighted by atomic mass is 10.3. The van der Waals surface area contributed by atoms with Crippen molar-refractivity contribution < 1.29 is 0 Å². The number of nitrogens with one attached hydrogen (secondary N) is 1. The highest BCUT2D eigenvalue weighted by molar-refractivity contribution is 14.1. The molecule has 2 rings (SSSR count). The van der Waals surface area contributed by atoms with Crippen LogP contribution in [0.4, 0.5) is 5.69 Å². The molecule has 2 aromatic rings. The lowest BCUT2D eigenvalue weighted by Crippen LogP contribution is -2.10. The average molecular weight is 327 g/mol. The maximum absolute atomic E-state index is 4.40. The van der Waals surface area contributed by atoms with E-state index < -0.39 is 0 Å². The minimum absolute atomic E-state index is 0.709. The molecule has 0 unspecified atom stereocenters. The van der Waals surface area contributed by atoms with E-state index in [1.165, 1.54) is 9.26 Å². The molecule has 3 nitrogen and oxygen atoms in total. The Hall–Kier alpha value is -1.04. The molecule has 16 heavy (non-hydrogen) atoms. The van der Waals surface area contributed by atoms with Crippen LogP contribution in [-0.4, -0.2) is 9.78 Å². The van der Waals surface area contributed by atoms with Crippen molar-refractivity contribution in [3.8, 4) is 0 Å². The number of anilines is 1. The Morgan fingerprint density at radius 1 is 1.25 bits per heavy atom. The van der Waals surface area contributed by atoms with Crippen LogP contribution >= 0.6 is 22.6 Å². The molecule has 0 aliphatic rings. The summed E-state index contributed by atoms with van der Waals surface area (Å²) in [6, 6.07) is 10.4. The summed E-state index contributed by atoms with van der Waals surface area (Å²) in [6.45, 7) is 4.78. The fourth-order valence-electron chi connectivity index (χ4n) is 1.57. The van der Waals surface area contributed by atoms with Gasteiger partial charge in [-0.05, 0) is 66.8 Å². The van der Waals surface area contributed by atoms with E-state index in [-0.39, 0.29) is 0 Å². The van der Waals surface area contributed by atoms with Crippen LogP contribution in [0, 0.1) is 17.4 Å². The standard InChI is InChI=1S/C12H14IN3/c1-9-7-10(2)16(15-9)8-14-12-5-3-11(13)4-6-12/h3-7,14H,8H2,1-2H3. The Labute approximate surface area is 109 Å². The summed E-state index contributed by atoms with van der Waals surface area (Å²) in [4.78, 5) is 0. The normalized spacial score (nSPS) is 10.4. The van der Waals surface area contributed by atoms with Crippen LogP contribution in [0.1, 0.15) is 11.4 Å². The molecule has 0 saturated heterocycles. The molecule has 0 saturated carbocycles. The first kappa shape index (κ1) is 11.4. The summed E-state index contributed by atoms with van der Waals surface area (Å²) in [6.07, 6.45) is 0. The first-order valence-corrected chi connectivity index (χ1v) is 6.23. The fourth-order valence-corrected chi connectivity index (χ4v) is 1.93. The number of benzene rings is 1. The second kappa shape index (κ2) is 4.86. The average Bonchev–Trinajstić information content (AvgIpc) is 2.57. The highest BCUT2D eigenvalue weighted by atomic mass is 127. The van der Waals surface area contributed by atoms with Gasteiger partial charge in [-0.15, -0.1) is 0 Å². The van der Waals surface area contributed by atoms with E-state index in [0.717, 1.165) is 11.4 Å². The zero-order valence-electron chi connectivity index (χ0n) is 9.37. The maximum atomic E-state index is 4.40. The number of rotatable bonds is 3. The summed E-state index contributed by atoms with van der Waals surface area (Å²) >= 11 is 2.30. The van der Waals surface area contributed by atoms with Crippen molar-refractivity contribution in [1.29, 1.82) is 0 Å². The first-order chi connectivity index (χ1) is 7.65. The number of aryl methyl sites for hydroxylation is 2. The Bertz CT molecular complexity index is 474. The molecule has 0 aliphatic heterocycles. The van der Waals surface area contributed by atoms with Crippen LogP contribution in [0.15, 0.2) is 30.3 Å². The molecular weight excluding hydrogens is 313 g/mol. The van der Waals surface area contributed by atoms with Crippen LogP contribution in [0.2, 0.25) is 0 Å². The van der Waals surface area contributed by atoms with Gasteiger partial charge < -0.3 is 5.32 Å². The van der Waals surface area contributed by atoms with Crippen molar-refractivity contribution in [3.63, 3.8) is 0 Å². The topological polar surface area (TPSA) is 29.9 Å². The second-order valence-electron chi connectivity index (χ2n) is 3.77. The smallest absolute Gasteiger partial charge is 0.109 e. The van der Waals surface area contributed by atoms with Crippen LogP contribution < -0.4 is 5.32 Å². The molecule has 0 radical (unpaired) electrons. The van der Waals surface area contributed by atoms with Gasteiger partial charge in [0.2, 0.25) is 0 Å². The number of nitrogens with zero attached hydrogens (tertiary/aromatic N) is 2. The number of halogens is 1. The van der Waals surface area contributed by atoms with Gasteiger partial charge in [0.05, 0.1) is 5.69 Å². The van der Waals surface area contributed by atoms with Crippen molar-refractivity contribution in [1.82, 2.24) is 9.78 Å². The van der Waals surface area contributed by atoms with E-state index in [4.69, 9.17) is 0 Å². The van der Waals surface area contributed by atoms with Gasteiger partial charge >= 0.3 is 0 Å². The largest absolute Gasteiger partial charge is 0.366 e. The molecule has 1 heterocycles. The minimum Gasteiger partial charge on any atom is -0.366 e. The fraction of sp³-hybridized carbons (Fsp3) is 0.250. The summed E-state index contributed by atoms with van der Waals surface area (Å²) < 4.78 is 3.21. The van der Waals surface area contributed by atoms with Gasteiger partial charge in [0.15, 0.2) is 0 Å².